The first kappa shape index (κ1) is 15.3. The third-order valence-electron chi connectivity index (χ3n) is 3.33. The number of thioether (sulfide) groups is 1. The molecule has 1 aliphatic rings. The van der Waals surface area contributed by atoms with Gasteiger partial charge in [-0.1, -0.05) is 0 Å². The summed E-state index contributed by atoms with van der Waals surface area (Å²) in [5.41, 5.74) is 0.684. The maximum absolute atomic E-state index is 12.5. The molecule has 1 aliphatic heterocycles. The molecule has 0 bridgehead atoms. The minimum atomic E-state index is -1.03. The lowest BCUT2D eigenvalue weighted by Crippen LogP contribution is -2.50. The maximum atomic E-state index is 12.5. The number of aryl methyl sites for hydroxylation is 1. The third-order valence-corrected chi connectivity index (χ3v) is 4.35. The van der Waals surface area contributed by atoms with Crippen molar-refractivity contribution in [1.82, 2.24) is 4.90 Å². The second-order valence-electron chi connectivity index (χ2n) is 4.68. The lowest BCUT2D eigenvalue weighted by Gasteiger charge is -2.33. The minimum Gasteiger partial charge on any atom is -0.480 e. The zero-order valence-electron chi connectivity index (χ0n) is 11.3. The van der Waals surface area contributed by atoms with Crippen LogP contribution in [0.25, 0.3) is 0 Å². The molecule has 0 aromatic heterocycles. The van der Waals surface area contributed by atoms with Crippen molar-refractivity contribution >= 4 is 29.3 Å². The molecule has 1 heterocycles. The number of hydrogen-bond donors (Lipinski definition) is 1. The molecule has 0 saturated carbocycles. The normalized spacial score (nSPS) is 18.3. The number of non-ortho nitro benzene ring substituents is 1. The second kappa shape index (κ2) is 6.13. The number of nitrogens with zero attached hydrogens (tertiary/aromatic N) is 2. The molecule has 2 rings (SSSR count). The van der Waals surface area contributed by atoms with Crippen LogP contribution in [-0.2, 0) is 4.79 Å². The van der Waals surface area contributed by atoms with Crippen LogP contribution in [0.15, 0.2) is 18.2 Å². The summed E-state index contributed by atoms with van der Waals surface area (Å²) in [6.07, 6.45) is 0. The van der Waals surface area contributed by atoms with Gasteiger partial charge in [-0.3, -0.25) is 14.9 Å². The van der Waals surface area contributed by atoms with Gasteiger partial charge in [0.1, 0.15) is 6.04 Å². The second-order valence-corrected chi connectivity index (χ2v) is 5.83. The molecule has 1 atom stereocenters. The van der Waals surface area contributed by atoms with Crippen LogP contribution in [0.2, 0.25) is 0 Å². The number of nitro benzene ring substituents is 1. The first-order valence-electron chi connectivity index (χ1n) is 6.28. The largest absolute Gasteiger partial charge is 0.480 e. The van der Waals surface area contributed by atoms with Crippen LogP contribution in [0.5, 0.6) is 0 Å². The Morgan fingerprint density at radius 1 is 1.48 bits per heavy atom. The van der Waals surface area contributed by atoms with Crippen molar-refractivity contribution < 1.29 is 19.6 Å². The molecule has 0 aliphatic carbocycles. The van der Waals surface area contributed by atoms with Gasteiger partial charge in [-0.15, -0.1) is 0 Å². The molecule has 1 saturated heterocycles. The number of nitro groups is 1. The van der Waals surface area contributed by atoms with Crippen LogP contribution in [0.3, 0.4) is 0 Å². The van der Waals surface area contributed by atoms with Crippen molar-refractivity contribution in [2.24, 2.45) is 0 Å². The number of carboxylic acid groups (broad SMARTS) is 1. The van der Waals surface area contributed by atoms with E-state index in [2.05, 4.69) is 0 Å². The average molecular weight is 310 g/mol. The van der Waals surface area contributed by atoms with Crippen LogP contribution < -0.4 is 0 Å². The van der Waals surface area contributed by atoms with Gasteiger partial charge in [0, 0.05) is 35.7 Å². The SMILES string of the molecule is Cc1cc([N+](=O)[O-])ccc1C(=O)N1CCSCC1C(=O)O. The van der Waals surface area contributed by atoms with E-state index in [1.165, 1.54) is 34.9 Å². The Morgan fingerprint density at radius 3 is 2.76 bits per heavy atom. The first-order valence-corrected chi connectivity index (χ1v) is 7.44. The summed E-state index contributed by atoms with van der Waals surface area (Å²) in [5, 5.41) is 19.9. The smallest absolute Gasteiger partial charge is 0.327 e. The number of hydrogen-bond acceptors (Lipinski definition) is 5. The molecule has 21 heavy (non-hydrogen) atoms. The molecule has 0 spiro atoms. The van der Waals surface area contributed by atoms with E-state index >= 15 is 0 Å². The zero-order chi connectivity index (χ0) is 15.6. The van der Waals surface area contributed by atoms with Crippen molar-refractivity contribution in [2.75, 3.05) is 18.1 Å². The molecule has 7 nitrogen and oxygen atoms in total. The monoisotopic (exact) mass is 310 g/mol. The standard InChI is InChI=1S/C13H14N2O5S/c1-8-6-9(15(19)20)2-3-10(8)12(16)14-4-5-21-7-11(14)13(17)18/h2-3,6,11H,4-5,7H2,1H3,(H,17,18). The number of rotatable bonds is 3. The van der Waals surface area contributed by atoms with Gasteiger partial charge in [0.2, 0.25) is 0 Å². The van der Waals surface area contributed by atoms with E-state index in [0.29, 0.717) is 29.2 Å². The van der Waals surface area contributed by atoms with Gasteiger partial charge >= 0.3 is 5.97 Å². The van der Waals surface area contributed by atoms with Gasteiger partial charge in [0.05, 0.1) is 4.92 Å². The summed E-state index contributed by atoms with van der Waals surface area (Å²) >= 11 is 1.49. The number of carbonyl (C=O) groups excluding carboxylic acids is 1. The van der Waals surface area contributed by atoms with E-state index in [-0.39, 0.29) is 5.69 Å². The van der Waals surface area contributed by atoms with E-state index in [1.54, 1.807) is 6.92 Å². The highest BCUT2D eigenvalue weighted by Crippen LogP contribution is 2.23. The zero-order valence-corrected chi connectivity index (χ0v) is 12.1. The Balaban J connectivity index is 2.30. The van der Waals surface area contributed by atoms with Gasteiger partial charge < -0.3 is 10.0 Å². The highest BCUT2D eigenvalue weighted by Gasteiger charge is 2.33. The Morgan fingerprint density at radius 2 is 2.19 bits per heavy atom. The number of carboxylic acids is 1. The molecule has 0 radical (unpaired) electrons. The summed E-state index contributed by atoms with van der Waals surface area (Å²) in [5.74, 6) is -0.389. The fourth-order valence-electron chi connectivity index (χ4n) is 2.21. The summed E-state index contributed by atoms with van der Waals surface area (Å²) in [4.78, 5) is 35.2. The van der Waals surface area contributed by atoms with Gasteiger partial charge in [0.25, 0.3) is 11.6 Å². The van der Waals surface area contributed by atoms with E-state index < -0.39 is 22.8 Å². The summed E-state index contributed by atoms with van der Waals surface area (Å²) < 4.78 is 0. The van der Waals surface area contributed by atoms with Gasteiger partial charge in [-0.25, -0.2) is 4.79 Å². The fourth-order valence-corrected chi connectivity index (χ4v) is 3.25. The molecule has 1 unspecified atom stereocenters. The summed E-state index contributed by atoms with van der Waals surface area (Å²) in [6.45, 7) is 1.96. The molecule has 1 amide bonds. The Bertz CT molecular complexity index is 604. The Labute approximate surface area is 125 Å². The molecule has 112 valence electrons. The van der Waals surface area contributed by atoms with E-state index in [4.69, 9.17) is 0 Å². The van der Waals surface area contributed by atoms with Gasteiger partial charge in [0.15, 0.2) is 0 Å². The van der Waals surface area contributed by atoms with E-state index in [0.717, 1.165) is 0 Å². The molecule has 1 fully saturated rings. The fraction of sp³-hybridized carbons (Fsp3) is 0.385. The summed E-state index contributed by atoms with van der Waals surface area (Å²) in [6, 6.07) is 3.11. The van der Waals surface area contributed by atoms with Crippen LogP contribution in [0.1, 0.15) is 15.9 Å². The molecular formula is C13H14N2O5S. The summed E-state index contributed by atoms with van der Waals surface area (Å²) in [7, 11) is 0. The van der Waals surface area contributed by atoms with Crippen LogP contribution in [-0.4, -0.2) is 50.9 Å². The van der Waals surface area contributed by atoms with Crippen molar-refractivity contribution in [3.8, 4) is 0 Å². The predicted molar refractivity (Wildman–Crippen MR) is 77.6 cm³/mol. The lowest BCUT2D eigenvalue weighted by molar-refractivity contribution is -0.384. The maximum Gasteiger partial charge on any atom is 0.327 e. The van der Waals surface area contributed by atoms with E-state index in [1.807, 2.05) is 0 Å². The van der Waals surface area contributed by atoms with E-state index in [9.17, 15) is 24.8 Å². The molecule has 1 aromatic rings. The number of aliphatic carboxylic acids is 1. The lowest BCUT2D eigenvalue weighted by atomic mass is 10.1. The first-order chi connectivity index (χ1) is 9.91. The van der Waals surface area contributed by atoms with Crippen molar-refractivity contribution in [3.63, 3.8) is 0 Å². The van der Waals surface area contributed by atoms with Crippen molar-refractivity contribution in [1.29, 1.82) is 0 Å². The number of amides is 1. The molecule has 1 aromatic carbocycles. The Kier molecular flexibility index (Phi) is 4.46. The number of benzene rings is 1. The van der Waals surface area contributed by atoms with Gasteiger partial charge in [-0.2, -0.15) is 11.8 Å². The topological polar surface area (TPSA) is 101 Å². The van der Waals surface area contributed by atoms with Crippen LogP contribution >= 0.6 is 11.8 Å². The quantitative estimate of drug-likeness (QED) is 0.671. The molecule has 1 N–H and O–H groups in total. The van der Waals surface area contributed by atoms with Crippen LogP contribution in [0.4, 0.5) is 5.69 Å². The minimum absolute atomic E-state index is 0.0898. The van der Waals surface area contributed by atoms with Crippen molar-refractivity contribution in [2.45, 2.75) is 13.0 Å². The van der Waals surface area contributed by atoms with Crippen molar-refractivity contribution in [3.05, 3.63) is 39.4 Å². The Hall–Kier alpha value is -2.09. The predicted octanol–water partition coefficient (Wildman–Crippen LogP) is 1.55. The third kappa shape index (κ3) is 3.15. The highest BCUT2D eigenvalue weighted by molar-refractivity contribution is 7.99. The number of carbonyl (C=O) groups is 2. The average Bonchev–Trinajstić information content (AvgIpc) is 2.46. The molecular weight excluding hydrogens is 296 g/mol. The van der Waals surface area contributed by atoms with Gasteiger partial charge in [-0.05, 0) is 18.6 Å². The highest BCUT2D eigenvalue weighted by atomic mass is 32.2. The van der Waals surface area contributed by atoms with Crippen LogP contribution in [0, 0.1) is 17.0 Å². The molecule has 8 heteroatoms.